The van der Waals surface area contributed by atoms with Gasteiger partial charge >= 0.3 is 0 Å². The molecule has 0 aliphatic heterocycles. The molecule has 1 saturated carbocycles. The van der Waals surface area contributed by atoms with Crippen molar-refractivity contribution in [1.29, 1.82) is 0 Å². The van der Waals surface area contributed by atoms with Gasteiger partial charge in [0.25, 0.3) is 0 Å². The van der Waals surface area contributed by atoms with E-state index in [1.165, 1.54) is 0 Å². The molecular weight excluding hydrogens is 116 g/mol. The first-order valence-corrected chi connectivity index (χ1v) is 3.04. The second-order valence-electron chi connectivity index (χ2n) is 2.43. The number of nitrogens with zero attached hydrogens (tertiary/aromatic N) is 2. The van der Waals surface area contributed by atoms with Gasteiger partial charge in [-0.15, -0.1) is 0 Å². The van der Waals surface area contributed by atoms with Crippen LogP contribution in [0.15, 0.2) is 18.5 Å². The van der Waals surface area contributed by atoms with E-state index in [9.17, 15) is 5.11 Å². The summed E-state index contributed by atoms with van der Waals surface area (Å²) in [7, 11) is 0. The summed E-state index contributed by atoms with van der Waals surface area (Å²) >= 11 is 0. The van der Waals surface area contributed by atoms with Gasteiger partial charge < -0.3 is 5.11 Å². The minimum absolute atomic E-state index is 0.622. The van der Waals surface area contributed by atoms with Crippen molar-refractivity contribution in [1.82, 2.24) is 9.78 Å². The molecule has 0 bridgehead atoms. The van der Waals surface area contributed by atoms with Gasteiger partial charge in [-0.25, -0.2) is 4.68 Å². The molecular formula is C6H8N2O. The lowest BCUT2D eigenvalue weighted by molar-refractivity contribution is 0.0602. The van der Waals surface area contributed by atoms with Crippen molar-refractivity contribution in [3.05, 3.63) is 18.5 Å². The average Bonchev–Trinajstić information content (AvgIpc) is 2.46. The van der Waals surface area contributed by atoms with Gasteiger partial charge in [0.05, 0.1) is 0 Å². The van der Waals surface area contributed by atoms with Crippen LogP contribution in [0.1, 0.15) is 12.8 Å². The smallest absolute Gasteiger partial charge is 0.158 e. The van der Waals surface area contributed by atoms with E-state index in [4.69, 9.17) is 0 Å². The predicted octanol–water partition coefficient (Wildman–Crippen LogP) is 0.322. The van der Waals surface area contributed by atoms with Crippen LogP contribution < -0.4 is 0 Å². The largest absolute Gasteiger partial charge is 0.369 e. The SMILES string of the molecule is OC1(n2cccn2)CC1. The van der Waals surface area contributed by atoms with Crippen LogP contribution >= 0.6 is 0 Å². The zero-order chi connectivity index (χ0) is 6.32. The molecule has 2 rings (SSSR count). The first-order valence-electron chi connectivity index (χ1n) is 3.04. The van der Waals surface area contributed by atoms with Gasteiger partial charge in [-0.3, -0.25) is 0 Å². The van der Waals surface area contributed by atoms with Crippen LogP contribution in [0, 0.1) is 0 Å². The average molecular weight is 124 g/mol. The third-order valence-corrected chi connectivity index (χ3v) is 1.63. The normalized spacial score (nSPS) is 21.9. The Bertz CT molecular complexity index is 201. The summed E-state index contributed by atoms with van der Waals surface area (Å²) < 4.78 is 1.60. The number of aliphatic hydroxyl groups is 1. The highest BCUT2D eigenvalue weighted by Gasteiger charge is 2.42. The van der Waals surface area contributed by atoms with Crippen molar-refractivity contribution in [2.75, 3.05) is 0 Å². The summed E-state index contributed by atoms with van der Waals surface area (Å²) in [5.41, 5.74) is -0.622. The van der Waals surface area contributed by atoms with Gasteiger partial charge in [0.15, 0.2) is 5.72 Å². The van der Waals surface area contributed by atoms with Crippen molar-refractivity contribution in [2.24, 2.45) is 0 Å². The Morgan fingerprint density at radius 3 is 2.78 bits per heavy atom. The standard InChI is InChI=1S/C6H8N2O/c9-6(2-3-6)8-5-1-4-7-8/h1,4-5,9H,2-3H2. The Morgan fingerprint density at radius 2 is 2.33 bits per heavy atom. The fourth-order valence-corrected chi connectivity index (χ4v) is 0.856. The second kappa shape index (κ2) is 1.36. The van der Waals surface area contributed by atoms with E-state index in [1.54, 1.807) is 17.1 Å². The molecule has 0 atom stereocenters. The number of hydrogen-bond donors (Lipinski definition) is 1. The van der Waals surface area contributed by atoms with E-state index in [0.29, 0.717) is 0 Å². The zero-order valence-electron chi connectivity index (χ0n) is 4.99. The van der Waals surface area contributed by atoms with Gasteiger partial charge in [0, 0.05) is 25.2 Å². The molecule has 1 fully saturated rings. The topological polar surface area (TPSA) is 38.0 Å². The van der Waals surface area contributed by atoms with E-state index in [1.807, 2.05) is 6.07 Å². The lowest BCUT2D eigenvalue weighted by atomic mass is 10.6. The molecule has 0 aromatic carbocycles. The van der Waals surface area contributed by atoms with Crippen LogP contribution in [0.5, 0.6) is 0 Å². The highest BCUT2D eigenvalue weighted by molar-refractivity contribution is 4.92. The van der Waals surface area contributed by atoms with E-state index in [2.05, 4.69) is 5.10 Å². The quantitative estimate of drug-likeness (QED) is 0.585. The Morgan fingerprint density at radius 1 is 1.56 bits per heavy atom. The summed E-state index contributed by atoms with van der Waals surface area (Å²) in [6, 6.07) is 1.82. The van der Waals surface area contributed by atoms with E-state index < -0.39 is 5.72 Å². The summed E-state index contributed by atoms with van der Waals surface area (Å²) in [4.78, 5) is 0. The van der Waals surface area contributed by atoms with Gasteiger partial charge in [0.1, 0.15) is 0 Å². The Hall–Kier alpha value is -0.830. The lowest BCUT2D eigenvalue weighted by Gasteiger charge is -2.05. The van der Waals surface area contributed by atoms with E-state index in [0.717, 1.165) is 12.8 Å². The molecule has 3 nitrogen and oxygen atoms in total. The molecule has 0 radical (unpaired) electrons. The highest BCUT2D eigenvalue weighted by atomic mass is 16.3. The van der Waals surface area contributed by atoms with Crippen molar-refractivity contribution < 1.29 is 5.11 Å². The Labute approximate surface area is 52.9 Å². The van der Waals surface area contributed by atoms with Crippen LogP contribution in [0.2, 0.25) is 0 Å². The summed E-state index contributed by atoms with van der Waals surface area (Å²) in [5, 5.41) is 13.3. The zero-order valence-corrected chi connectivity index (χ0v) is 4.99. The second-order valence-corrected chi connectivity index (χ2v) is 2.43. The van der Waals surface area contributed by atoms with Crippen LogP contribution in [0.3, 0.4) is 0 Å². The molecule has 0 amide bonds. The first kappa shape index (κ1) is 4.99. The molecule has 1 aliphatic rings. The maximum absolute atomic E-state index is 9.39. The molecule has 1 aliphatic carbocycles. The first-order chi connectivity index (χ1) is 4.31. The number of aromatic nitrogens is 2. The number of hydrogen-bond acceptors (Lipinski definition) is 2. The van der Waals surface area contributed by atoms with Crippen LogP contribution in [0.25, 0.3) is 0 Å². The van der Waals surface area contributed by atoms with Crippen LogP contribution in [-0.4, -0.2) is 14.9 Å². The molecule has 48 valence electrons. The summed E-state index contributed by atoms with van der Waals surface area (Å²) in [5.74, 6) is 0. The molecule has 1 aromatic heterocycles. The maximum Gasteiger partial charge on any atom is 0.158 e. The molecule has 1 heterocycles. The lowest BCUT2D eigenvalue weighted by Crippen LogP contribution is -2.15. The Balaban J connectivity index is 2.34. The molecule has 0 saturated heterocycles. The molecule has 1 N–H and O–H groups in total. The van der Waals surface area contributed by atoms with Gasteiger partial charge in [-0.1, -0.05) is 0 Å². The molecule has 0 spiro atoms. The fourth-order valence-electron chi connectivity index (χ4n) is 0.856. The van der Waals surface area contributed by atoms with E-state index >= 15 is 0 Å². The highest BCUT2D eigenvalue weighted by Crippen LogP contribution is 2.39. The maximum atomic E-state index is 9.39. The van der Waals surface area contributed by atoms with Crippen molar-refractivity contribution in [3.8, 4) is 0 Å². The van der Waals surface area contributed by atoms with Crippen LogP contribution in [0.4, 0.5) is 0 Å². The predicted molar refractivity (Wildman–Crippen MR) is 31.7 cm³/mol. The van der Waals surface area contributed by atoms with Gasteiger partial charge in [0.2, 0.25) is 0 Å². The van der Waals surface area contributed by atoms with Crippen molar-refractivity contribution in [3.63, 3.8) is 0 Å². The van der Waals surface area contributed by atoms with Gasteiger partial charge in [-0.05, 0) is 6.07 Å². The van der Waals surface area contributed by atoms with Gasteiger partial charge in [-0.2, -0.15) is 5.10 Å². The minimum atomic E-state index is -0.622. The molecule has 0 unspecified atom stereocenters. The van der Waals surface area contributed by atoms with Crippen molar-refractivity contribution >= 4 is 0 Å². The minimum Gasteiger partial charge on any atom is -0.369 e. The Kier molecular flexibility index (Phi) is 0.754. The summed E-state index contributed by atoms with van der Waals surface area (Å²) in [6.45, 7) is 0. The molecule has 3 heteroatoms. The van der Waals surface area contributed by atoms with Crippen LogP contribution in [-0.2, 0) is 5.72 Å². The summed E-state index contributed by atoms with van der Waals surface area (Å²) in [6.07, 6.45) is 5.15. The molecule has 9 heavy (non-hydrogen) atoms. The third-order valence-electron chi connectivity index (χ3n) is 1.63. The number of rotatable bonds is 1. The van der Waals surface area contributed by atoms with E-state index in [-0.39, 0.29) is 0 Å². The fraction of sp³-hybridized carbons (Fsp3) is 0.500. The van der Waals surface area contributed by atoms with Crippen molar-refractivity contribution in [2.45, 2.75) is 18.6 Å². The third kappa shape index (κ3) is 0.650. The monoisotopic (exact) mass is 124 g/mol. The molecule has 1 aromatic rings.